The number of rotatable bonds is 5. The lowest BCUT2D eigenvalue weighted by Gasteiger charge is -2.45. The smallest absolute Gasteiger partial charge is 0.332 e. The van der Waals surface area contributed by atoms with E-state index in [1.807, 2.05) is 6.07 Å². The monoisotopic (exact) mass is 353 g/mol. The maximum Gasteiger partial charge on any atom is 0.332 e. The highest BCUT2D eigenvalue weighted by Gasteiger charge is 2.62. The first-order valence-corrected chi connectivity index (χ1v) is 8.31. The Morgan fingerprint density at radius 1 is 1.38 bits per heavy atom. The minimum atomic E-state index is -2.23. The SMILES string of the molecule is CCOC(=O)[C@@]1(C#N)[C@H](O)[C@@H](CO)O[C@@H](Sc2ccccc2)[C@@H]1O. The molecule has 1 aliphatic heterocycles. The summed E-state index contributed by atoms with van der Waals surface area (Å²) in [6, 6.07) is 10.7. The molecule has 0 unspecified atom stereocenters. The topological polar surface area (TPSA) is 120 Å². The number of ether oxygens (including phenoxy) is 2. The first-order chi connectivity index (χ1) is 11.5. The third-order valence-electron chi connectivity index (χ3n) is 3.83. The molecule has 0 bridgehead atoms. The fraction of sp³-hybridized carbons (Fsp3) is 0.500. The molecule has 1 saturated heterocycles. The summed E-state index contributed by atoms with van der Waals surface area (Å²) in [5, 5.41) is 40.0. The summed E-state index contributed by atoms with van der Waals surface area (Å²) in [5.41, 5.74) is -3.26. The fourth-order valence-electron chi connectivity index (χ4n) is 2.54. The molecule has 130 valence electrons. The second-order valence-corrected chi connectivity index (χ2v) is 6.42. The number of hydrogen-bond acceptors (Lipinski definition) is 8. The molecule has 24 heavy (non-hydrogen) atoms. The Balaban J connectivity index is 2.37. The minimum Gasteiger partial charge on any atom is -0.465 e. The van der Waals surface area contributed by atoms with Gasteiger partial charge >= 0.3 is 5.97 Å². The number of carbonyl (C=O) groups is 1. The van der Waals surface area contributed by atoms with Crippen molar-refractivity contribution in [3.8, 4) is 6.07 Å². The zero-order valence-electron chi connectivity index (χ0n) is 13.0. The van der Waals surface area contributed by atoms with Crippen molar-refractivity contribution in [1.29, 1.82) is 5.26 Å². The third kappa shape index (κ3) is 3.27. The zero-order chi connectivity index (χ0) is 17.7. The van der Waals surface area contributed by atoms with Gasteiger partial charge in [-0.25, -0.2) is 0 Å². The maximum absolute atomic E-state index is 12.3. The van der Waals surface area contributed by atoms with E-state index in [1.165, 1.54) is 0 Å². The molecule has 0 saturated carbocycles. The van der Waals surface area contributed by atoms with Gasteiger partial charge in [-0.15, -0.1) is 0 Å². The van der Waals surface area contributed by atoms with Crippen molar-refractivity contribution in [3.63, 3.8) is 0 Å². The summed E-state index contributed by atoms with van der Waals surface area (Å²) in [4.78, 5) is 13.1. The van der Waals surface area contributed by atoms with Gasteiger partial charge < -0.3 is 24.8 Å². The summed E-state index contributed by atoms with van der Waals surface area (Å²) in [6.45, 7) is 0.937. The number of nitriles is 1. The fourth-order valence-corrected chi connectivity index (χ4v) is 3.67. The Hall–Kier alpha value is -1.63. The van der Waals surface area contributed by atoms with Crippen LogP contribution in [-0.4, -0.2) is 58.3 Å². The van der Waals surface area contributed by atoms with E-state index in [0.717, 1.165) is 16.7 Å². The summed E-state index contributed by atoms with van der Waals surface area (Å²) >= 11 is 1.09. The van der Waals surface area contributed by atoms with Gasteiger partial charge in [-0.1, -0.05) is 30.0 Å². The Bertz CT molecular complexity index is 606. The van der Waals surface area contributed by atoms with E-state index in [4.69, 9.17) is 9.47 Å². The summed E-state index contributed by atoms with van der Waals surface area (Å²) in [6.07, 6.45) is -4.54. The van der Waals surface area contributed by atoms with Crippen LogP contribution in [0, 0.1) is 16.7 Å². The van der Waals surface area contributed by atoms with E-state index in [2.05, 4.69) is 0 Å². The number of esters is 1. The summed E-state index contributed by atoms with van der Waals surface area (Å²) in [7, 11) is 0. The molecule has 8 heteroatoms. The van der Waals surface area contributed by atoms with Gasteiger partial charge in [0.25, 0.3) is 0 Å². The van der Waals surface area contributed by atoms with Gasteiger partial charge in [0.2, 0.25) is 5.41 Å². The van der Waals surface area contributed by atoms with Crippen molar-refractivity contribution >= 4 is 17.7 Å². The van der Waals surface area contributed by atoms with Crippen molar-refractivity contribution in [2.45, 2.75) is 35.6 Å². The van der Waals surface area contributed by atoms with Crippen molar-refractivity contribution in [3.05, 3.63) is 30.3 Å². The molecule has 0 aliphatic carbocycles. The molecule has 0 aromatic heterocycles. The molecule has 0 spiro atoms. The van der Waals surface area contributed by atoms with Gasteiger partial charge in [0.15, 0.2) is 0 Å². The Morgan fingerprint density at radius 3 is 2.58 bits per heavy atom. The van der Waals surface area contributed by atoms with Crippen LogP contribution in [-0.2, 0) is 14.3 Å². The number of nitrogens with zero attached hydrogens (tertiary/aromatic N) is 1. The number of carbonyl (C=O) groups excluding carboxylic acids is 1. The molecule has 1 heterocycles. The second-order valence-electron chi connectivity index (χ2n) is 5.25. The molecular weight excluding hydrogens is 334 g/mol. The van der Waals surface area contributed by atoms with Crippen LogP contribution in [0.3, 0.4) is 0 Å². The molecule has 5 atom stereocenters. The third-order valence-corrected chi connectivity index (χ3v) is 4.97. The zero-order valence-corrected chi connectivity index (χ0v) is 13.8. The predicted molar refractivity (Wildman–Crippen MR) is 84.7 cm³/mol. The number of hydrogen-bond donors (Lipinski definition) is 3. The van der Waals surface area contributed by atoms with Crippen molar-refractivity contribution in [1.82, 2.24) is 0 Å². The average molecular weight is 353 g/mol. The molecule has 1 aromatic rings. The standard InChI is InChI=1S/C16H19NO6S/c1-2-22-15(21)16(9-17)12(19)11(8-18)23-14(13(16)20)24-10-6-4-3-5-7-10/h3-7,11-14,18-20H,2,8H2,1H3/t11-,12-,13+,14+,16+/m1/s1. The van der Waals surface area contributed by atoms with Gasteiger partial charge in [-0.05, 0) is 19.1 Å². The van der Waals surface area contributed by atoms with Crippen LogP contribution in [0.15, 0.2) is 35.2 Å². The van der Waals surface area contributed by atoms with Gasteiger partial charge in [0.1, 0.15) is 23.7 Å². The van der Waals surface area contributed by atoms with E-state index in [0.29, 0.717) is 0 Å². The molecular formula is C16H19NO6S. The van der Waals surface area contributed by atoms with Crippen LogP contribution in [0.4, 0.5) is 0 Å². The van der Waals surface area contributed by atoms with E-state index >= 15 is 0 Å². The van der Waals surface area contributed by atoms with E-state index in [9.17, 15) is 25.4 Å². The Labute approximate surface area is 143 Å². The van der Waals surface area contributed by atoms with E-state index in [-0.39, 0.29) is 6.61 Å². The number of benzene rings is 1. The molecule has 0 radical (unpaired) electrons. The van der Waals surface area contributed by atoms with Gasteiger partial charge in [0, 0.05) is 4.90 Å². The molecule has 7 nitrogen and oxygen atoms in total. The first-order valence-electron chi connectivity index (χ1n) is 7.43. The lowest BCUT2D eigenvalue weighted by atomic mass is 9.74. The van der Waals surface area contributed by atoms with Gasteiger partial charge in [-0.3, -0.25) is 4.79 Å². The van der Waals surface area contributed by atoms with Gasteiger partial charge in [0.05, 0.1) is 19.3 Å². The maximum atomic E-state index is 12.3. The number of aliphatic hydroxyl groups excluding tert-OH is 3. The molecule has 1 aliphatic rings. The number of aliphatic hydroxyl groups is 3. The first kappa shape index (κ1) is 18.7. The summed E-state index contributed by atoms with van der Waals surface area (Å²) in [5.74, 6) is -1.03. The lowest BCUT2D eigenvalue weighted by Crippen LogP contribution is -2.64. The van der Waals surface area contributed by atoms with E-state index < -0.39 is 41.7 Å². The van der Waals surface area contributed by atoms with Crippen LogP contribution in [0.25, 0.3) is 0 Å². The molecule has 1 aromatic carbocycles. The highest BCUT2D eigenvalue weighted by atomic mass is 32.2. The molecule has 1 fully saturated rings. The Morgan fingerprint density at radius 2 is 2.04 bits per heavy atom. The van der Waals surface area contributed by atoms with Crippen molar-refractivity contribution in [2.75, 3.05) is 13.2 Å². The van der Waals surface area contributed by atoms with Gasteiger partial charge in [-0.2, -0.15) is 5.26 Å². The van der Waals surface area contributed by atoms with Crippen LogP contribution < -0.4 is 0 Å². The minimum absolute atomic E-state index is 0.0111. The highest BCUT2D eigenvalue weighted by molar-refractivity contribution is 7.99. The van der Waals surface area contributed by atoms with Crippen LogP contribution in [0.5, 0.6) is 0 Å². The quantitative estimate of drug-likeness (QED) is 0.646. The van der Waals surface area contributed by atoms with Crippen LogP contribution in [0.1, 0.15) is 6.92 Å². The van der Waals surface area contributed by atoms with E-state index in [1.54, 1.807) is 37.3 Å². The normalized spacial score (nSPS) is 32.8. The lowest BCUT2D eigenvalue weighted by molar-refractivity contribution is -0.219. The largest absolute Gasteiger partial charge is 0.465 e. The second kappa shape index (κ2) is 7.96. The molecule has 3 N–H and O–H groups in total. The average Bonchev–Trinajstić information content (AvgIpc) is 2.59. The Kier molecular flexibility index (Phi) is 6.21. The van der Waals surface area contributed by atoms with Crippen LogP contribution >= 0.6 is 11.8 Å². The summed E-state index contributed by atoms with van der Waals surface area (Å²) < 4.78 is 10.4. The van der Waals surface area contributed by atoms with Crippen molar-refractivity contribution < 1.29 is 29.6 Å². The number of thioether (sulfide) groups is 1. The molecule has 0 amide bonds. The van der Waals surface area contributed by atoms with Crippen LogP contribution in [0.2, 0.25) is 0 Å². The molecule has 2 rings (SSSR count). The predicted octanol–water partition coefficient (Wildman–Crippen LogP) is 0.291. The highest BCUT2D eigenvalue weighted by Crippen LogP contribution is 2.43. The van der Waals surface area contributed by atoms with Crippen molar-refractivity contribution in [2.24, 2.45) is 5.41 Å².